The second-order valence-corrected chi connectivity index (χ2v) is 5.05. The molecule has 0 bridgehead atoms. The summed E-state index contributed by atoms with van der Waals surface area (Å²) in [6.07, 6.45) is 0.833. The second kappa shape index (κ2) is 9.78. The number of nitrogens with zero attached hydrogens (tertiary/aromatic N) is 1. The van der Waals surface area contributed by atoms with Crippen LogP contribution in [0.5, 0.6) is 5.75 Å². The van der Waals surface area contributed by atoms with Gasteiger partial charge < -0.3 is 10.1 Å². The SMILES string of the molecule is CCCNC(=O)NC(=O)CN(C)Cc1ccc(OCC)cc1. The summed E-state index contributed by atoms with van der Waals surface area (Å²) in [6, 6.07) is 7.30. The number of benzene rings is 1. The molecule has 0 fully saturated rings. The molecule has 0 heterocycles. The highest BCUT2D eigenvalue weighted by Crippen LogP contribution is 2.13. The first-order valence-electron chi connectivity index (χ1n) is 7.53. The monoisotopic (exact) mass is 307 g/mol. The Morgan fingerprint density at radius 1 is 1.18 bits per heavy atom. The fourth-order valence-electron chi connectivity index (χ4n) is 1.92. The zero-order valence-corrected chi connectivity index (χ0v) is 13.5. The van der Waals surface area contributed by atoms with Crippen LogP contribution < -0.4 is 15.4 Å². The number of imide groups is 1. The molecule has 122 valence electrons. The summed E-state index contributed by atoms with van der Waals surface area (Å²) in [5.74, 6) is 0.515. The average molecular weight is 307 g/mol. The molecule has 0 atom stereocenters. The lowest BCUT2D eigenvalue weighted by molar-refractivity contribution is -0.120. The van der Waals surface area contributed by atoms with E-state index in [1.165, 1.54) is 0 Å². The minimum absolute atomic E-state index is 0.159. The van der Waals surface area contributed by atoms with Crippen LogP contribution in [0.15, 0.2) is 24.3 Å². The Balaban J connectivity index is 2.36. The summed E-state index contributed by atoms with van der Waals surface area (Å²) in [6.45, 7) is 5.87. The Hall–Kier alpha value is -2.08. The minimum Gasteiger partial charge on any atom is -0.494 e. The predicted molar refractivity (Wildman–Crippen MR) is 85.8 cm³/mol. The van der Waals surface area contributed by atoms with Crippen molar-refractivity contribution in [3.63, 3.8) is 0 Å². The van der Waals surface area contributed by atoms with Gasteiger partial charge in [-0.3, -0.25) is 15.0 Å². The molecule has 6 heteroatoms. The first kappa shape index (κ1) is 18.0. The van der Waals surface area contributed by atoms with Crippen molar-refractivity contribution in [2.75, 3.05) is 26.7 Å². The van der Waals surface area contributed by atoms with Gasteiger partial charge >= 0.3 is 6.03 Å². The maximum atomic E-state index is 11.7. The summed E-state index contributed by atoms with van der Waals surface area (Å²) in [5.41, 5.74) is 1.08. The van der Waals surface area contributed by atoms with Crippen molar-refractivity contribution in [1.29, 1.82) is 0 Å². The van der Waals surface area contributed by atoms with Crippen LogP contribution in [-0.4, -0.2) is 43.6 Å². The molecular formula is C16H25N3O3. The number of nitrogens with one attached hydrogen (secondary N) is 2. The molecule has 1 aromatic rings. The Morgan fingerprint density at radius 2 is 1.86 bits per heavy atom. The molecule has 1 aromatic carbocycles. The van der Waals surface area contributed by atoms with E-state index in [1.54, 1.807) is 0 Å². The summed E-state index contributed by atoms with van der Waals surface area (Å²) in [7, 11) is 1.83. The molecule has 0 aliphatic carbocycles. The average Bonchev–Trinajstić information content (AvgIpc) is 2.47. The number of carbonyl (C=O) groups is 2. The van der Waals surface area contributed by atoms with Gasteiger partial charge in [0.25, 0.3) is 0 Å². The van der Waals surface area contributed by atoms with Crippen LogP contribution in [0.1, 0.15) is 25.8 Å². The molecule has 1 rings (SSSR count). The highest BCUT2D eigenvalue weighted by atomic mass is 16.5. The number of hydrogen-bond donors (Lipinski definition) is 2. The Labute approximate surface area is 131 Å². The van der Waals surface area contributed by atoms with Crippen LogP contribution >= 0.6 is 0 Å². The predicted octanol–water partition coefficient (Wildman–Crippen LogP) is 1.75. The highest BCUT2D eigenvalue weighted by Gasteiger charge is 2.10. The normalized spacial score (nSPS) is 10.4. The number of amides is 3. The Bertz CT molecular complexity index is 474. The fraction of sp³-hybridized carbons (Fsp3) is 0.500. The Morgan fingerprint density at radius 3 is 2.45 bits per heavy atom. The lowest BCUT2D eigenvalue weighted by Gasteiger charge is -2.16. The fourth-order valence-corrected chi connectivity index (χ4v) is 1.92. The first-order valence-corrected chi connectivity index (χ1v) is 7.53. The van der Waals surface area contributed by atoms with Crippen molar-refractivity contribution in [3.8, 4) is 5.75 Å². The number of rotatable bonds is 8. The van der Waals surface area contributed by atoms with Crippen LogP contribution in [0, 0.1) is 0 Å². The lowest BCUT2D eigenvalue weighted by atomic mass is 10.2. The Kier molecular flexibility index (Phi) is 7.99. The van der Waals surface area contributed by atoms with Crippen LogP contribution in [0.25, 0.3) is 0 Å². The lowest BCUT2D eigenvalue weighted by Crippen LogP contribution is -2.43. The van der Waals surface area contributed by atoms with Crippen molar-refractivity contribution in [2.45, 2.75) is 26.8 Å². The van der Waals surface area contributed by atoms with E-state index >= 15 is 0 Å². The third-order valence-corrected chi connectivity index (χ3v) is 2.89. The van der Waals surface area contributed by atoms with Crippen LogP contribution in [-0.2, 0) is 11.3 Å². The molecule has 0 saturated carbocycles. The van der Waals surface area contributed by atoms with E-state index in [2.05, 4.69) is 10.6 Å². The molecular weight excluding hydrogens is 282 g/mol. The summed E-state index contributed by atoms with van der Waals surface area (Å²) in [4.78, 5) is 24.9. The molecule has 6 nitrogen and oxygen atoms in total. The van der Waals surface area contributed by atoms with Gasteiger partial charge in [0.05, 0.1) is 13.2 Å². The van der Waals surface area contributed by atoms with Crippen LogP contribution in [0.4, 0.5) is 4.79 Å². The van der Waals surface area contributed by atoms with Gasteiger partial charge in [0, 0.05) is 13.1 Å². The summed E-state index contributed by atoms with van der Waals surface area (Å²) in [5, 5.41) is 4.91. The minimum atomic E-state index is -0.443. The van der Waals surface area contributed by atoms with Crippen molar-refractivity contribution in [2.24, 2.45) is 0 Å². The van der Waals surface area contributed by atoms with Crippen molar-refractivity contribution < 1.29 is 14.3 Å². The third-order valence-electron chi connectivity index (χ3n) is 2.89. The maximum Gasteiger partial charge on any atom is 0.321 e. The zero-order valence-electron chi connectivity index (χ0n) is 13.5. The molecule has 0 unspecified atom stereocenters. The van der Waals surface area contributed by atoms with E-state index in [0.717, 1.165) is 17.7 Å². The standard InChI is InChI=1S/C16H25N3O3/c1-4-10-17-16(21)18-15(20)12-19(3)11-13-6-8-14(9-7-13)22-5-2/h6-9H,4-5,10-12H2,1-3H3,(H2,17,18,20,21). The van der Waals surface area contributed by atoms with E-state index in [0.29, 0.717) is 19.7 Å². The van der Waals surface area contributed by atoms with Crippen molar-refractivity contribution in [3.05, 3.63) is 29.8 Å². The van der Waals surface area contributed by atoms with Gasteiger partial charge in [-0.2, -0.15) is 0 Å². The zero-order chi connectivity index (χ0) is 16.4. The van der Waals surface area contributed by atoms with Gasteiger partial charge in [0.15, 0.2) is 0 Å². The molecule has 0 aliphatic heterocycles. The van der Waals surface area contributed by atoms with Gasteiger partial charge in [-0.15, -0.1) is 0 Å². The van der Waals surface area contributed by atoms with Gasteiger partial charge in [-0.05, 0) is 38.1 Å². The number of carbonyl (C=O) groups excluding carboxylic acids is 2. The topological polar surface area (TPSA) is 70.7 Å². The van der Waals surface area contributed by atoms with Gasteiger partial charge in [0.1, 0.15) is 5.75 Å². The molecule has 0 aromatic heterocycles. The quantitative estimate of drug-likeness (QED) is 0.767. The maximum absolute atomic E-state index is 11.7. The molecule has 2 N–H and O–H groups in total. The van der Waals surface area contributed by atoms with Crippen molar-refractivity contribution >= 4 is 11.9 Å². The second-order valence-electron chi connectivity index (χ2n) is 5.05. The molecule has 3 amide bonds. The molecule has 0 saturated heterocycles. The summed E-state index contributed by atoms with van der Waals surface area (Å²) >= 11 is 0. The molecule has 0 aliphatic rings. The van der Waals surface area contributed by atoms with E-state index in [-0.39, 0.29) is 12.5 Å². The van der Waals surface area contributed by atoms with Gasteiger partial charge in [-0.1, -0.05) is 19.1 Å². The number of likely N-dealkylation sites (N-methyl/N-ethyl adjacent to an activating group) is 1. The number of urea groups is 1. The number of ether oxygens (including phenoxy) is 1. The van der Waals surface area contributed by atoms with Crippen molar-refractivity contribution in [1.82, 2.24) is 15.5 Å². The van der Waals surface area contributed by atoms with Gasteiger partial charge in [-0.25, -0.2) is 4.79 Å². The molecule has 22 heavy (non-hydrogen) atoms. The van der Waals surface area contributed by atoms with E-state index in [9.17, 15) is 9.59 Å². The highest BCUT2D eigenvalue weighted by molar-refractivity contribution is 5.95. The largest absolute Gasteiger partial charge is 0.494 e. The van der Waals surface area contributed by atoms with E-state index < -0.39 is 6.03 Å². The first-order chi connectivity index (χ1) is 10.5. The smallest absolute Gasteiger partial charge is 0.321 e. The van der Waals surface area contributed by atoms with E-state index in [4.69, 9.17) is 4.74 Å². The number of hydrogen-bond acceptors (Lipinski definition) is 4. The van der Waals surface area contributed by atoms with E-state index in [1.807, 2.05) is 50.1 Å². The van der Waals surface area contributed by atoms with Crippen LogP contribution in [0.3, 0.4) is 0 Å². The third kappa shape index (κ3) is 7.08. The summed E-state index contributed by atoms with van der Waals surface area (Å²) < 4.78 is 5.38. The van der Waals surface area contributed by atoms with Crippen LogP contribution in [0.2, 0.25) is 0 Å². The molecule has 0 radical (unpaired) electrons. The molecule has 0 spiro atoms. The van der Waals surface area contributed by atoms with Gasteiger partial charge in [0.2, 0.25) is 5.91 Å².